The van der Waals surface area contributed by atoms with Gasteiger partial charge in [-0.05, 0) is 36.1 Å². The second kappa shape index (κ2) is 10.5. The Morgan fingerprint density at radius 1 is 1.19 bits per heavy atom. The number of aromatic nitrogens is 3. The summed E-state index contributed by atoms with van der Waals surface area (Å²) in [5.74, 6) is -1.38. The quantitative estimate of drug-likeness (QED) is 0.222. The summed E-state index contributed by atoms with van der Waals surface area (Å²) >= 11 is 0.748. The summed E-state index contributed by atoms with van der Waals surface area (Å²) in [7, 11) is 0. The molecule has 1 aliphatic carbocycles. The highest BCUT2D eigenvalue weighted by Gasteiger charge is 2.62. The number of urea groups is 1. The Morgan fingerprint density at radius 2 is 1.88 bits per heavy atom. The highest BCUT2D eigenvalue weighted by Crippen LogP contribution is 2.57. The van der Waals surface area contributed by atoms with Crippen molar-refractivity contribution in [3.05, 3.63) is 63.5 Å². The zero-order chi connectivity index (χ0) is 31.5. The van der Waals surface area contributed by atoms with Gasteiger partial charge in [-0.2, -0.15) is 13.2 Å². The molecule has 14 heteroatoms. The number of aliphatic hydroxyl groups excluding tert-OH is 1. The lowest BCUT2D eigenvalue weighted by Gasteiger charge is -2.35. The number of carbonyl (C=O) groups is 2. The van der Waals surface area contributed by atoms with Gasteiger partial charge in [-0.25, -0.2) is 19.6 Å². The van der Waals surface area contributed by atoms with Gasteiger partial charge in [0.2, 0.25) is 5.43 Å². The van der Waals surface area contributed by atoms with Crippen LogP contribution < -0.4 is 16.1 Å². The first-order chi connectivity index (χ1) is 20.1. The lowest BCUT2D eigenvalue weighted by atomic mass is 9.83. The van der Waals surface area contributed by atoms with Gasteiger partial charge in [-0.15, -0.1) is 11.3 Å². The summed E-state index contributed by atoms with van der Waals surface area (Å²) in [5, 5.41) is 26.6. The van der Waals surface area contributed by atoms with Crippen LogP contribution in [0.25, 0.3) is 32.6 Å². The summed E-state index contributed by atoms with van der Waals surface area (Å²) in [4.78, 5) is 45.7. The number of aromatic carboxylic acids is 1. The number of carbonyl (C=O) groups excluding carboxylic acids is 1. The molecule has 3 heterocycles. The normalized spacial score (nSPS) is 18.5. The maximum atomic E-state index is 13.4. The van der Waals surface area contributed by atoms with Gasteiger partial charge in [0.15, 0.2) is 5.69 Å². The average molecular weight is 616 g/mol. The topological polar surface area (TPSA) is 146 Å². The largest absolute Gasteiger partial charge is 0.477 e. The number of amides is 2. The van der Waals surface area contributed by atoms with Gasteiger partial charge >= 0.3 is 18.2 Å². The number of carboxylic acid groups (broad SMARTS) is 1. The molecule has 10 nitrogen and oxygen atoms in total. The predicted molar refractivity (Wildman–Crippen MR) is 155 cm³/mol. The lowest BCUT2D eigenvalue weighted by molar-refractivity contribution is -0.140. The maximum absolute atomic E-state index is 13.4. The van der Waals surface area contributed by atoms with Crippen LogP contribution in [0.4, 0.5) is 23.8 Å². The first-order valence-electron chi connectivity index (χ1n) is 13.3. The third-order valence-electron chi connectivity index (χ3n) is 7.68. The standard InChI is InChI=1S/C29H28F3N5O5S/c1-5-33-26(42)36-22-9-15(24-35-20(13-43-24)29(30,31)32)17(11-34-22)14-6-7-19-16(8-14)23(39)18(25(40)41)12-37(19)28(10-21(28)38)27(2,3)4/h6-9,11-13,21,38H,5,10H2,1-4H3,(H,40,41)(H2,33,34,36,42)/t21-,28?/m1/s1. The van der Waals surface area contributed by atoms with Gasteiger partial charge in [0.25, 0.3) is 0 Å². The second-order valence-electron chi connectivity index (χ2n) is 11.3. The molecule has 1 unspecified atom stereocenters. The molecule has 3 aromatic heterocycles. The van der Waals surface area contributed by atoms with Gasteiger partial charge in [-0.3, -0.25) is 10.1 Å². The Hall–Kier alpha value is -4.30. The van der Waals surface area contributed by atoms with E-state index in [1.807, 2.05) is 20.8 Å². The molecule has 5 rings (SSSR count). The molecule has 1 aliphatic rings. The van der Waals surface area contributed by atoms with E-state index in [4.69, 9.17) is 0 Å². The molecule has 1 aromatic carbocycles. The molecule has 0 spiro atoms. The van der Waals surface area contributed by atoms with Crippen LogP contribution in [0, 0.1) is 5.41 Å². The molecular weight excluding hydrogens is 587 g/mol. The summed E-state index contributed by atoms with van der Waals surface area (Å²) in [6.07, 6.45) is -2.49. The molecule has 4 N–H and O–H groups in total. The van der Waals surface area contributed by atoms with E-state index in [9.17, 15) is 37.8 Å². The number of hydrogen-bond donors (Lipinski definition) is 4. The van der Waals surface area contributed by atoms with E-state index in [1.54, 1.807) is 23.6 Å². The second-order valence-corrected chi connectivity index (χ2v) is 12.2. The van der Waals surface area contributed by atoms with Crippen molar-refractivity contribution in [1.82, 2.24) is 19.9 Å². The Kier molecular flexibility index (Phi) is 7.33. The molecule has 1 fully saturated rings. The molecule has 43 heavy (non-hydrogen) atoms. The Morgan fingerprint density at radius 3 is 2.44 bits per heavy atom. The molecule has 0 saturated heterocycles. The monoisotopic (exact) mass is 615 g/mol. The van der Waals surface area contributed by atoms with E-state index in [-0.39, 0.29) is 21.8 Å². The Balaban J connectivity index is 1.74. The van der Waals surface area contributed by atoms with Crippen LogP contribution in [0.3, 0.4) is 0 Å². The lowest BCUT2D eigenvalue weighted by Crippen LogP contribution is -2.37. The van der Waals surface area contributed by atoms with Crippen molar-refractivity contribution in [3.8, 4) is 21.7 Å². The Bertz CT molecular complexity index is 1830. The number of thiazole rings is 1. The zero-order valence-electron chi connectivity index (χ0n) is 23.5. The number of benzene rings is 1. The van der Waals surface area contributed by atoms with E-state index < -0.39 is 51.9 Å². The zero-order valence-corrected chi connectivity index (χ0v) is 24.4. The number of fused-ring (bicyclic) bond motifs is 1. The van der Waals surface area contributed by atoms with Crippen molar-refractivity contribution in [1.29, 1.82) is 0 Å². The minimum absolute atomic E-state index is 0.00624. The van der Waals surface area contributed by atoms with Gasteiger partial charge < -0.3 is 20.1 Å². The number of anilines is 1. The SMILES string of the molecule is CCNC(=O)Nc1cc(-c2nc(C(F)(F)F)cs2)c(-c2ccc3c(c2)c(=O)c(C(=O)O)cn3C2(C(C)(C)C)C[C@H]2O)cn1. The van der Waals surface area contributed by atoms with Crippen LogP contribution >= 0.6 is 11.3 Å². The number of alkyl halides is 3. The molecular formula is C29H28F3N5O5S. The molecule has 0 bridgehead atoms. The first-order valence-corrected chi connectivity index (χ1v) is 14.2. The van der Waals surface area contributed by atoms with Crippen LogP contribution in [0.5, 0.6) is 0 Å². The molecule has 2 amide bonds. The van der Waals surface area contributed by atoms with Crippen LogP contribution in [0.15, 0.2) is 46.8 Å². The third-order valence-corrected chi connectivity index (χ3v) is 8.55. The van der Waals surface area contributed by atoms with E-state index in [0.29, 0.717) is 29.6 Å². The summed E-state index contributed by atoms with van der Waals surface area (Å²) in [6.45, 7) is 7.80. The smallest absolute Gasteiger partial charge is 0.434 e. The summed E-state index contributed by atoms with van der Waals surface area (Å²) < 4.78 is 41.9. The van der Waals surface area contributed by atoms with E-state index >= 15 is 0 Å². The fraction of sp³-hybridized carbons (Fsp3) is 0.345. The fourth-order valence-corrected chi connectivity index (χ4v) is 6.28. The molecule has 2 atom stereocenters. The molecule has 0 radical (unpaired) electrons. The highest BCUT2D eigenvalue weighted by atomic mass is 32.1. The Labute approximate surface area is 247 Å². The van der Waals surface area contributed by atoms with E-state index in [0.717, 1.165) is 16.7 Å². The predicted octanol–water partition coefficient (Wildman–Crippen LogP) is 5.55. The number of carboxylic acids is 1. The van der Waals surface area contributed by atoms with Crippen molar-refractivity contribution in [3.63, 3.8) is 0 Å². The van der Waals surface area contributed by atoms with Crippen LogP contribution in [0.1, 0.15) is 50.2 Å². The number of hydrogen-bond acceptors (Lipinski definition) is 7. The van der Waals surface area contributed by atoms with Crippen LogP contribution in [-0.4, -0.2) is 49.4 Å². The van der Waals surface area contributed by atoms with Crippen molar-refractivity contribution in [2.45, 2.75) is 51.9 Å². The van der Waals surface area contributed by atoms with Gasteiger partial charge in [-0.1, -0.05) is 26.8 Å². The number of nitrogens with one attached hydrogen (secondary N) is 2. The highest BCUT2D eigenvalue weighted by molar-refractivity contribution is 7.13. The number of halogens is 3. The van der Waals surface area contributed by atoms with E-state index in [2.05, 4.69) is 20.6 Å². The number of rotatable bonds is 6. The van der Waals surface area contributed by atoms with Crippen molar-refractivity contribution in [2.75, 3.05) is 11.9 Å². The summed E-state index contributed by atoms with van der Waals surface area (Å²) in [6, 6.07) is 5.53. The molecule has 0 aliphatic heterocycles. The van der Waals surface area contributed by atoms with Crippen LogP contribution in [-0.2, 0) is 11.7 Å². The van der Waals surface area contributed by atoms with Gasteiger partial charge in [0.05, 0.1) is 17.2 Å². The van der Waals surface area contributed by atoms with Crippen LogP contribution in [0.2, 0.25) is 0 Å². The molecule has 1 saturated carbocycles. The molecule has 226 valence electrons. The number of aliphatic hydroxyl groups is 1. The minimum atomic E-state index is -4.68. The number of nitrogens with zero attached hydrogens (tertiary/aromatic N) is 3. The van der Waals surface area contributed by atoms with Gasteiger partial charge in [0, 0.05) is 47.3 Å². The van der Waals surface area contributed by atoms with E-state index in [1.165, 1.54) is 24.5 Å². The minimum Gasteiger partial charge on any atom is -0.477 e. The maximum Gasteiger partial charge on any atom is 0.434 e. The van der Waals surface area contributed by atoms with Gasteiger partial charge in [0.1, 0.15) is 16.4 Å². The first kappa shape index (κ1) is 30.2. The third kappa shape index (κ3) is 5.25. The van der Waals surface area contributed by atoms with Crippen molar-refractivity contribution >= 4 is 40.1 Å². The summed E-state index contributed by atoms with van der Waals surface area (Å²) in [5.41, 5.74) is -2.43. The molecule has 4 aromatic rings. The fourth-order valence-electron chi connectivity index (χ4n) is 5.42. The van der Waals surface area contributed by atoms with Crippen molar-refractivity contribution in [2.24, 2.45) is 5.41 Å². The van der Waals surface area contributed by atoms with Crippen molar-refractivity contribution < 1.29 is 33.0 Å². The average Bonchev–Trinajstić information content (AvgIpc) is 3.36. The number of pyridine rings is 2.